The van der Waals surface area contributed by atoms with E-state index < -0.39 is 0 Å². The molecule has 20 heavy (non-hydrogen) atoms. The molecule has 0 bridgehead atoms. The van der Waals surface area contributed by atoms with Crippen LogP contribution in [0.4, 0.5) is 0 Å². The first-order valence-electron chi connectivity index (χ1n) is 6.31. The van der Waals surface area contributed by atoms with Crippen molar-refractivity contribution >= 4 is 17.2 Å². The molecule has 0 saturated heterocycles. The van der Waals surface area contributed by atoms with Gasteiger partial charge in [0.2, 0.25) is 0 Å². The summed E-state index contributed by atoms with van der Waals surface area (Å²) in [7, 11) is 0. The summed E-state index contributed by atoms with van der Waals surface area (Å²) in [5, 5.41) is 4.80. The van der Waals surface area contributed by atoms with Gasteiger partial charge in [0, 0.05) is 12.1 Å². The van der Waals surface area contributed by atoms with Gasteiger partial charge in [-0.25, -0.2) is 0 Å². The third kappa shape index (κ3) is 3.47. The molecule has 1 aromatic carbocycles. The number of benzene rings is 1. The molecule has 0 aliphatic heterocycles. The van der Waals surface area contributed by atoms with Crippen LogP contribution in [-0.4, -0.2) is 12.5 Å². The molecule has 0 fully saturated rings. The van der Waals surface area contributed by atoms with E-state index in [-0.39, 0.29) is 5.91 Å². The Morgan fingerprint density at radius 1 is 1.35 bits per heavy atom. The molecule has 1 amide bonds. The van der Waals surface area contributed by atoms with Crippen LogP contribution in [0.2, 0.25) is 0 Å². The molecule has 2 rings (SSSR count). The van der Waals surface area contributed by atoms with E-state index in [4.69, 9.17) is 5.73 Å². The zero-order valence-corrected chi connectivity index (χ0v) is 12.1. The number of carbonyl (C=O) groups is 1. The summed E-state index contributed by atoms with van der Waals surface area (Å²) in [6, 6.07) is 9.85. The predicted molar refractivity (Wildman–Crippen MR) is 82.6 cm³/mol. The Labute approximate surface area is 122 Å². The first-order valence-corrected chi connectivity index (χ1v) is 7.19. The van der Waals surface area contributed by atoms with Gasteiger partial charge < -0.3 is 11.1 Å². The van der Waals surface area contributed by atoms with Crippen LogP contribution in [0.15, 0.2) is 35.7 Å². The topological polar surface area (TPSA) is 55.1 Å². The molecule has 0 aliphatic rings. The standard InChI is InChI=1S/C16H16N2OS/c1-12-5-2-3-6-14(12)11-18-16(19)15-13(7-4-9-17)8-10-20-15/h2-3,5-6,8,10H,9,11,17H2,1H3,(H,18,19). The largest absolute Gasteiger partial charge is 0.347 e. The third-order valence-corrected chi connectivity index (χ3v) is 3.81. The summed E-state index contributed by atoms with van der Waals surface area (Å²) in [5.74, 6) is 5.60. The Hall–Kier alpha value is -2.09. The Morgan fingerprint density at radius 2 is 2.15 bits per heavy atom. The summed E-state index contributed by atoms with van der Waals surface area (Å²) in [6.07, 6.45) is 0. The second-order valence-electron chi connectivity index (χ2n) is 4.28. The van der Waals surface area contributed by atoms with Crippen LogP contribution >= 0.6 is 11.3 Å². The van der Waals surface area contributed by atoms with E-state index in [1.54, 1.807) is 0 Å². The summed E-state index contributed by atoms with van der Waals surface area (Å²) < 4.78 is 0. The van der Waals surface area contributed by atoms with E-state index in [1.165, 1.54) is 16.9 Å². The second-order valence-corrected chi connectivity index (χ2v) is 5.19. The van der Waals surface area contributed by atoms with Crippen LogP contribution in [0.25, 0.3) is 0 Å². The Morgan fingerprint density at radius 3 is 2.90 bits per heavy atom. The lowest BCUT2D eigenvalue weighted by Crippen LogP contribution is -2.23. The van der Waals surface area contributed by atoms with Gasteiger partial charge in [0.1, 0.15) is 4.88 Å². The smallest absolute Gasteiger partial charge is 0.262 e. The lowest BCUT2D eigenvalue weighted by Gasteiger charge is -2.07. The number of hydrogen-bond acceptors (Lipinski definition) is 3. The number of aryl methyl sites for hydroxylation is 1. The van der Waals surface area contributed by atoms with Gasteiger partial charge in [-0.15, -0.1) is 11.3 Å². The highest BCUT2D eigenvalue weighted by atomic mass is 32.1. The number of nitrogens with two attached hydrogens (primary N) is 1. The van der Waals surface area contributed by atoms with Crippen molar-refractivity contribution in [2.75, 3.05) is 6.54 Å². The number of nitrogens with one attached hydrogen (secondary N) is 1. The monoisotopic (exact) mass is 284 g/mol. The van der Waals surface area contributed by atoms with Crippen LogP contribution in [0.1, 0.15) is 26.4 Å². The molecule has 4 heteroatoms. The van der Waals surface area contributed by atoms with E-state index >= 15 is 0 Å². The van der Waals surface area contributed by atoms with Crippen molar-refractivity contribution in [3.05, 3.63) is 57.3 Å². The van der Waals surface area contributed by atoms with Crippen LogP contribution in [0.5, 0.6) is 0 Å². The van der Waals surface area contributed by atoms with Crippen LogP contribution in [-0.2, 0) is 6.54 Å². The molecule has 2 aromatic rings. The van der Waals surface area contributed by atoms with Gasteiger partial charge in [0.25, 0.3) is 5.91 Å². The van der Waals surface area contributed by atoms with Crippen molar-refractivity contribution in [3.8, 4) is 11.8 Å². The van der Waals surface area contributed by atoms with Gasteiger partial charge in [-0.3, -0.25) is 4.79 Å². The summed E-state index contributed by atoms with van der Waals surface area (Å²) in [6.45, 7) is 2.85. The van der Waals surface area contributed by atoms with Crippen molar-refractivity contribution in [1.82, 2.24) is 5.32 Å². The average Bonchev–Trinajstić information content (AvgIpc) is 2.92. The fraction of sp³-hybridized carbons (Fsp3) is 0.188. The minimum absolute atomic E-state index is 0.0930. The van der Waals surface area contributed by atoms with Gasteiger partial charge in [-0.1, -0.05) is 36.1 Å². The SMILES string of the molecule is Cc1ccccc1CNC(=O)c1sccc1C#CCN. The highest BCUT2D eigenvalue weighted by Crippen LogP contribution is 2.16. The van der Waals surface area contributed by atoms with Gasteiger partial charge in [-0.05, 0) is 29.5 Å². The highest BCUT2D eigenvalue weighted by molar-refractivity contribution is 7.12. The lowest BCUT2D eigenvalue weighted by molar-refractivity contribution is 0.0955. The molecular formula is C16H16N2OS. The maximum absolute atomic E-state index is 12.2. The average molecular weight is 284 g/mol. The molecule has 1 aromatic heterocycles. The van der Waals surface area contributed by atoms with Crippen LogP contribution < -0.4 is 11.1 Å². The fourth-order valence-corrected chi connectivity index (χ4v) is 2.56. The van der Waals surface area contributed by atoms with Crippen molar-refractivity contribution in [2.45, 2.75) is 13.5 Å². The number of thiophene rings is 1. The summed E-state index contributed by atoms with van der Waals surface area (Å²) in [4.78, 5) is 12.8. The van der Waals surface area contributed by atoms with E-state index in [1.807, 2.05) is 42.6 Å². The summed E-state index contributed by atoms with van der Waals surface area (Å²) >= 11 is 1.39. The minimum Gasteiger partial charge on any atom is -0.347 e. The Kier molecular flexibility index (Phi) is 4.94. The van der Waals surface area contributed by atoms with Crippen molar-refractivity contribution < 1.29 is 4.79 Å². The second kappa shape index (κ2) is 6.90. The van der Waals surface area contributed by atoms with Gasteiger partial charge in [0.15, 0.2) is 0 Å². The predicted octanol–water partition coefficient (Wildman–Crippen LogP) is 2.30. The number of rotatable bonds is 3. The molecule has 102 valence electrons. The minimum atomic E-state index is -0.0930. The lowest BCUT2D eigenvalue weighted by atomic mass is 10.1. The maximum Gasteiger partial charge on any atom is 0.262 e. The molecule has 0 saturated carbocycles. The van der Waals surface area contributed by atoms with Gasteiger partial charge in [0.05, 0.1) is 6.54 Å². The molecule has 0 spiro atoms. The maximum atomic E-state index is 12.2. The highest BCUT2D eigenvalue weighted by Gasteiger charge is 2.11. The van der Waals surface area contributed by atoms with Crippen LogP contribution in [0, 0.1) is 18.8 Å². The normalized spacial score (nSPS) is 9.70. The van der Waals surface area contributed by atoms with E-state index in [0.717, 1.165) is 11.1 Å². The molecule has 0 aliphatic carbocycles. The van der Waals surface area contributed by atoms with Crippen molar-refractivity contribution in [1.29, 1.82) is 0 Å². The molecular weight excluding hydrogens is 268 g/mol. The molecule has 0 atom stereocenters. The third-order valence-electron chi connectivity index (χ3n) is 2.90. The zero-order valence-electron chi connectivity index (χ0n) is 11.3. The first kappa shape index (κ1) is 14.3. The quantitative estimate of drug-likeness (QED) is 0.850. The Balaban J connectivity index is 2.06. The fourth-order valence-electron chi connectivity index (χ4n) is 1.79. The Bertz CT molecular complexity index is 664. The van der Waals surface area contributed by atoms with Gasteiger partial charge in [-0.2, -0.15) is 0 Å². The number of carbonyl (C=O) groups excluding carboxylic acids is 1. The van der Waals surface area contributed by atoms with Crippen molar-refractivity contribution in [2.24, 2.45) is 5.73 Å². The molecule has 0 radical (unpaired) electrons. The molecule has 0 unspecified atom stereocenters. The molecule has 3 nitrogen and oxygen atoms in total. The molecule has 1 heterocycles. The first-order chi connectivity index (χ1) is 9.72. The molecule has 3 N–H and O–H groups in total. The van der Waals surface area contributed by atoms with E-state index in [2.05, 4.69) is 17.2 Å². The van der Waals surface area contributed by atoms with Crippen molar-refractivity contribution in [3.63, 3.8) is 0 Å². The van der Waals surface area contributed by atoms with Gasteiger partial charge >= 0.3 is 0 Å². The van der Waals surface area contributed by atoms with Crippen LogP contribution in [0.3, 0.4) is 0 Å². The van der Waals surface area contributed by atoms with E-state index in [0.29, 0.717) is 18.0 Å². The van der Waals surface area contributed by atoms with E-state index in [9.17, 15) is 4.79 Å². The summed E-state index contributed by atoms with van der Waals surface area (Å²) in [5.41, 5.74) is 8.38. The number of hydrogen-bond donors (Lipinski definition) is 2. The number of amides is 1. The zero-order chi connectivity index (χ0) is 14.4.